The van der Waals surface area contributed by atoms with Gasteiger partial charge in [-0.25, -0.2) is 9.18 Å². The molecule has 0 amide bonds. The van der Waals surface area contributed by atoms with Gasteiger partial charge in [-0.2, -0.15) is 0 Å². The van der Waals surface area contributed by atoms with Crippen LogP contribution in [0.3, 0.4) is 0 Å². The van der Waals surface area contributed by atoms with E-state index in [1.54, 1.807) is 12.1 Å². The van der Waals surface area contributed by atoms with E-state index in [4.69, 9.17) is 4.74 Å². The maximum atomic E-state index is 13.2. The number of benzene rings is 2. The highest BCUT2D eigenvalue weighted by molar-refractivity contribution is 6.02. The lowest BCUT2D eigenvalue weighted by molar-refractivity contribution is -0.150. The van der Waals surface area contributed by atoms with Gasteiger partial charge in [0.1, 0.15) is 11.4 Å². The minimum Gasteiger partial charge on any atom is -0.457 e. The summed E-state index contributed by atoms with van der Waals surface area (Å²) in [6.07, 6.45) is 4.51. The van der Waals surface area contributed by atoms with Crippen LogP contribution in [0.15, 0.2) is 65.3 Å². The van der Waals surface area contributed by atoms with Crippen molar-refractivity contribution in [1.29, 1.82) is 0 Å². The van der Waals surface area contributed by atoms with E-state index in [1.807, 2.05) is 57.5 Å². The molecule has 0 fully saturated rings. The molecule has 0 aliphatic carbocycles. The lowest BCUT2D eigenvalue weighted by Gasteiger charge is -2.38. The average molecular weight is 392 g/mol. The third kappa shape index (κ3) is 3.82. The molecule has 0 N–H and O–H groups in total. The van der Waals surface area contributed by atoms with E-state index >= 15 is 0 Å². The molecule has 0 saturated carbocycles. The summed E-state index contributed by atoms with van der Waals surface area (Å²) in [6.45, 7) is 6.96. The van der Waals surface area contributed by atoms with Crippen LogP contribution in [0.25, 0.3) is 0 Å². The molecule has 4 nitrogen and oxygen atoms in total. The molecule has 5 heteroatoms. The number of hydrogen-bond donors (Lipinski definition) is 0. The normalized spacial score (nSPS) is 20.6. The van der Waals surface area contributed by atoms with Crippen molar-refractivity contribution in [3.05, 3.63) is 77.2 Å². The minimum absolute atomic E-state index is 0.255. The molecule has 2 aliphatic heterocycles. The van der Waals surface area contributed by atoms with E-state index in [-0.39, 0.29) is 11.8 Å². The van der Waals surface area contributed by atoms with E-state index < -0.39 is 11.0 Å². The Labute approximate surface area is 170 Å². The fraction of sp³-hybridized carbons (Fsp3) is 0.333. The largest absolute Gasteiger partial charge is 0.457 e. The van der Waals surface area contributed by atoms with Crippen molar-refractivity contribution in [1.82, 2.24) is 4.90 Å². The van der Waals surface area contributed by atoms with Gasteiger partial charge in [-0.15, -0.1) is 0 Å². The molecule has 2 aromatic rings. The summed E-state index contributed by atoms with van der Waals surface area (Å²) in [6, 6.07) is 14.4. The Kier molecular flexibility index (Phi) is 4.77. The summed E-state index contributed by atoms with van der Waals surface area (Å²) in [7, 11) is 0. The highest BCUT2D eigenvalue weighted by atomic mass is 19.1. The van der Waals surface area contributed by atoms with Crippen molar-refractivity contribution in [3.63, 3.8) is 0 Å². The SMILES string of the molecule is CC(C)(C)OC(=O)C1=CN(Cc2ccc(F)cc2)CCC12C=Nc1ccccc12. The second kappa shape index (κ2) is 7.14. The maximum Gasteiger partial charge on any atom is 0.337 e. The highest BCUT2D eigenvalue weighted by Crippen LogP contribution is 2.46. The van der Waals surface area contributed by atoms with Crippen molar-refractivity contribution in [2.24, 2.45) is 4.99 Å². The number of ether oxygens (including phenoxy) is 1. The number of esters is 1. The molecule has 0 radical (unpaired) electrons. The van der Waals surface area contributed by atoms with Crippen molar-refractivity contribution < 1.29 is 13.9 Å². The second-order valence-electron chi connectivity index (χ2n) is 8.64. The van der Waals surface area contributed by atoms with Gasteiger partial charge in [0.2, 0.25) is 0 Å². The number of rotatable bonds is 3. The van der Waals surface area contributed by atoms with Gasteiger partial charge in [-0.3, -0.25) is 4.99 Å². The van der Waals surface area contributed by atoms with Gasteiger partial charge in [-0.05, 0) is 56.5 Å². The van der Waals surface area contributed by atoms with E-state index in [1.165, 1.54) is 12.1 Å². The Balaban J connectivity index is 1.71. The molecule has 2 aromatic carbocycles. The van der Waals surface area contributed by atoms with Gasteiger partial charge in [0, 0.05) is 25.5 Å². The Morgan fingerprint density at radius 2 is 1.90 bits per heavy atom. The van der Waals surface area contributed by atoms with Crippen LogP contribution in [-0.2, 0) is 21.5 Å². The average Bonchev–Trinajstić information content (AvgIpc) is 3.03. The fourth-order valence-electron chi connectivity index (χ4n) is 3.96. The smallest absolute Gasteiger partial charge is 0.337 e. The zero-order valence-corrected chi connectivity index (χ0v) is 17.0. The molecule has 0 saturated heterocycles. The zero-order chi connectivity index (χ0) is 20.6. The van der Waals surface area contributed by atoms with Crippen LogP contribution in [-0.4, -0.2) is 29.2 Å². The molecule has 2 aliphatic rings. The predicted octanol–water partition coefficient (Wildman–Crippen LogP) is 4.91. The molecule has 29 heavy (non-hydrogen) atoms. The van der Waals surface area contributed by atoms with Gasteiger partial charge >= 0.3 is 5.97 Å². The maximum absolute atomic E-state index is 13.2. The van der Waals surface area contributed by atoms with E-state index in [0.29, 0.717) is 12.1 Å². The van der Waals surface area contributed by atoms with Crippen molar-refractivity contribution in [2.75, 3.05) is 6.54 Å². The van der Waals surface area contributed by atoms with Gasteiger partial charge in [-0.1, -0.05) is 30.3 Å². The Morgan fingerprint density at radius 1 is 1.17 bits per heavy atom. The predicted molar refractivity (Wildman–Crippen MR) is 112 cm³/mol. The first-order chi connectivity index (χ1) is 13.8. The molecular weight excluding hydrogens is 367 g/mol. The van der Waals surface area contributed by atoms with Crippen LogP contribution in [0.2, 0.25) is 0 Å². The molecule has 1 atom stereocenters. The second-order valence-corrected chi connectivity index (χ2v) is 8.64. The van der Waals surface area contributed by atoms with E-state index in [9.17, 15) is 9.18 Å². The molecule has 0 bridgehead atoms. The lowest BCUT2D eigenvalue weighted by Crippen LogP contribution is -2.43. The number of para-hydroxylation sites is 1. The fourth-order valence-corrected chi connectivity index (χ4v) is 3.96. The molecule has 1 spiro atoms. The number of carbonyl (C=O) groups excluding carboxylic acids is 1. The monoisotopic (exact) mass is 392 g/mol. The molecule has 1 unspecified atom stereocenters. The van der Waals surface area contributed by atoms with Crippen LogP contribution in [0.4, 0.5) is 10.1 Å². The van der Waals surface area contributed by atoms with Crippen LogP contribution in [0, 0.1) is 5.82 Å². The van der Waals surface area contributed by atoms with Gasteiger partial charge in [0.05, 0.1) is 16.7 Å². The first kappa shape index (κ1) is 19.4. The quantitative estimate of drug-likeness (QED) is 0.697. The number of halogens is 1. The van der Waals surface area contributed by atoms with Gasteiger partial charge in [0.15, 0.2) is 0 Å². The third-order valence-corrected chi connectivity index (χ3v) is 5.31. The first-order valence-corrected chi connectivity index (χ1v) is 9.86. The van der Waals surface area contributed by atoms with Crippen LogP contribution < -0.4 is 0 Å². The number of nitrogens with zero attached hydrogens (tertiary/aromatic N) is 2. The Hall–Kier alpha value is -2.95. The summed E-state index contributed by atoms with van der Waals surface area (Å²) in [5.74, 6) is -0.584. The van der Waals surface area contributed by atoms with Crippen molar-refractivity contribution in [3.8, 4) is 0 Å². The summed E-state index contributed by atoms with van der Waals surface area (Å²) < 4.78 is 19.0. The number of aliphatic imine (C=N–C) groups is 1. The van der Waals surface area contributed by atoms with Crippen molar-refractivity contribution in [2.45, 2.75) is 44.8 Å². The highest BCUT2D eigenvalue weighted by Gasteiger charge is 2.46. The Bertz CT molecular complexity index is 989. The van der Waals surface area contributed by atoms with Crippen molar-refractivity contribution >= 4 is 17.9 Å². The zero-order valence-electron chi connectivity index (χ0n) is 17.0. The number of fused-ring (bicyclic) bond motifs is 2. The molecule has 150 valence electrons. The van der Waals surface area contributed by atoms with Crippen LogP contribution >= 0.6 is 0 Å². The molecule has 2 heterocycles. The van der Waals surface area contributed by atoms with E-state index in [2.05, 4.69) is 9.89 Å². The molecular formula is C24H25FN2O2. The minimum atomic E-state index is -0.590. The van der Waals surface area contributed by atoms with E-state index in [0.717, 1.165) is 29.8 Å². The summed E-state index contributed by atoms with van der Waals surface area (Å²) in [4.78, 5) is 19.9. The van der Waals surface area contributed by atoms with Gasteiger partial charge < -0.3 is 9.64 Å². The molecule has 4 rings (SSSR count). The third-order valence-electron chi connectivity index (χ3n) is 5.31. The summed E-state index contributed by atoms with van der Waals surface area (Å²) in [5, 5.41) is 0. The first-order valence-electron chi connectivity index (χ1n) is 9.86. The topological polar surface area (TPSA) is 41.9 Å². The molecule has 0 aromatic heterocycles. The lowest BCUT2D eigenvalue weighted by atomic mass is 9.72. The summed E-state index contributed by atoms with van der Waals surface area (Å²) >= 11 is 0. The van der Waals surface area contributed by atoms with Crippen LogP contribution in [0.1, 0.15) is 38.3 Å². The number of carbonyl (C=O) groups is 1. The number of hydrogen-bond acceptors (Lipinski definition) is 4. The van der Waals surface area contributed by atoms with Crippen LogP contribution in [0.5, 0.6) is 0 Å². The summed E-state index contributed by atoms with van der Waals surface area (Å²) in [5.41, 5.74) is 2.36. The van der Waals surface area contributed by atoms with Gasteiger partial charge in [0.25, 0.3) is 0 Å². The standard InChI is InChI=1S/C24H25FN2O2/c1-23(2,3)29-22(28)20-15-27(14-17-8-10-18(25)11-9-17)13-12-24(20)16-26-21-7-5-4-6-19(21)24/h4-11,15-16H,12-14H2,1-3H3. The Morgan fingerprint density at radius 3 is 2.62 bits per heavy atom.